The molecular weight excluding hydrogens is 342 g/mol. The number of carbonyl (C=O) groups is 1. The predicted octanol–water partition coefficient (Wildman–Crippen LogP) is 4.18. The number of rotatable bonds is 4. The number of nitrogens with zero attached hydrogens (tertiary/aromatic N) is 3. The lowest BCUT2D eigenvalue weighted by atomic mass is 10.1. The lowest BCUT2D eigenvalue weighted by Crippen LogP contribution is -2.26. The highest BCUT2D eigenvalue weighted by Crippen LogP contribution is 2.26. The predicted molar refractivity (Wildman–Crippen MR) is 103 cm³/mol. The molecule has 0 N–H and O–H groups in total. The van der Waals surface area contributed by atoms with E-state index in [9.17, 15) is 4.79 Å². The summed E-state index contributed by atoms with van der Waals surface area (Å²) in [4.78, 5) is 22.8. The average molecular weight is 359 g/mol. The van der Waals surface area contributed by atoms with E-state index in [-0.39, 0.29) is 5.91 Å². The minimum absolute atomic E-state index is 0.100. The number of oxazole rings is 1. The van der Waals surface area contributed by atoms with Crippen molar-refractivity contribution in [3.8, 4) is 17.2 Å². The highest BCUT2D eigenvalue weighted by Gasteiger charge is 2.15. The van der Waals surface area contributed by atoms with E-state index < -0.39 is 0 Å². The number of hydrogen-bond donors (Lipinski definition) is 0. The van der Waals surface area contributed by atoms with Crippen molar-refractivity contribution in [1.82, 2.24) is 9.97 Å². The van der Waals surface area contributed by atoms with Crippen molar-refractivity contribution in [3.05, 3.63) is 72.4 Å². The third-order valence-electron chi connectivity index (χ3n) is 4.31. The zero-order valence-corrected chi connectivity index (χ0v) is 14.9. The van der Waals surface area contributed by atoms with Gasteiger partial charge in [0.1, 0.15) is 5.75 Å². The maximum atomic E-state index is 12.7. The maximum absolute atomic E-state index is 12.7. The minimum atomic E-state index is -0.100. The Balaban J connectivity index is 1.56. The highest BCUT2D eigenvalue weighted by molar-refractivity contribution is 6.05. The first-order valence-corrected chi connectivity index (χ1v) is 8.40. The molecule has 1 amide bonds. The van der Waals surface area contributed by atoms with E-state index in [1.165, 1.54) is 0 Å². The van der Waals surface area contributed by atoms with Crippen LogP contribution in [0.3, 0.4) is 0 Å². The van der Waals surface area contributed by atoms with Crippen LogP contribution in [-0.4, -0.2) is 30.0 Å². The fourth-order valence-electron chi connectivity index (χ4n) is 2.76. The molecule has 4 aromatic rings. The Morgan fingerprint density at radius 3 is 2.44 bits per heavy atom. The number of carbonyl (C=O) groups excluding carboxylic acids is 1. The molecule has 0 aliphatic carbocycles. The van der Waals surface area contributed by atoms with Crippen molar-refractivity contribution in [2.75, 3.05) is 19.1 Å². The molecule has 2 aromatic carbocycles. The molecule has 27 heavy (non-hydrogen) atoms. The van der Waals surface area contributed by atoms with Crippen LogP contribution in [0.5, 0.6) is 5.75 Å². The first-order valence-electron chi connectivity index (χ1n) is 8.40. The monoisotopic (exact) mass is 359 g/mol. The van der Waals surface area contributed by atoms with Crippen molar-refractivity contribution in [1.29, 1.82) is 0 Å². The molecule has 134 valence electrons. The number of fused-ring (bicyclic) bond motifs is 1. The van der Waals surface area contributed by atoms with Gasteiger partial charge in [-0.3, -0.25) is 4.79 Å². The van der Waals surface area contributed by atoms with Gasteiger partial charge in [-0.2, -0.15) is 4.98 Å². The number of benzene rings is 2. The lowest BCUT2D eigenvalue weighted by molar-refractivity contribution is 0.0993. The van der Waals surface area contributed by atoms with Gasteiger partial charge in [0.2, 0.25) is 5.89 Å². The number of pyridine rings is 1. The summed E-state index contributed by atoms with van der Waals surface area (Å²) >= 11 is 0. The fraction of sp³-hybridized carbons (Fsp3) is 0.0952. The van der Waals surface area contributed by atoms with E-state index in [0.717, 1.165) is 11.3 Å². The first kappa shape index (κ1) is 16.8. The Morgan fingerprint density at radius 1 is 1.04 bits per heavy atom. The second kappa shape index (κ2) is 6.92. The Hall–Kier alpha value is -3.67. The molecule has 0 aliphatic heterocycles. The van der Waals surface area contributed by atoms with Crippen LogP contribution in [0.2, 0.25) is 0 Å². The second-order valence-electron chi connectivity index (χ2n) is 5.98. The molecule has 0 saturated carbocycles. The van der Waals surface area contributed by atoms with Gasteiger partial charge in [0, 0.05) is 30.1 Å². The molecule has 0 atom stereocenters. The highest BCUT2D eigenvalue weighted by atomic mass is 16.5. The van der Waals surface area contributed by atoms with Gasteiger partial charge >= 0.3 is 0 Å². The molecule has 0 fully saturated rings. The van der Waals surface area contributed by atoms with Gasteiger partial charge in [-0.25, -0.2) is 4.98 Å². The van der Waals surface area contributed by atoms with Crippen molar-refractivity contribution < 1.29 is 13.9 Å². The molecule has 2 heterocycles. The molecule has 4 rings (SSSR count). The van der Waals surface area contributed by atoms with Crippen molar-refractivity contribution in [2.24, 2.45) is 0 Å². The van der Waals surface area contributed by atoms with Gasteiger partial charge in [-0.15, -0.1) is 0 Å². The molecule has 0 aliphatic rings. The van der Waals surface area contributed by atoms with Crippen LogP contribution in [0.1, 0.15) is 10.4 Å². The van der Waals surface area contributed by atoms with E-state index in [4.69, 9.17) is 9.15 Å². The number of anilines is 1. The summed E-state index contributed by atoms with van der Waals surface area (Å²) in [5.74, 6) is 1.11. The zero-order chi connectivity index (χ0) is 18.8. The van der Waals surface area contributed by atoms with Crippen molar-refractivity contribution >= 4 is 22.8 Å². The Morgan fingerprint density at radius 2 is 1.78 bits per heavy atom. The summed E-state index contributed by atoms with van der Waals surface area (Å²) in [6.07, 6.45) is 1.68. The van der Waals surface area contributed by atoms with Gasteiger partial charge in [0.15, 0.2) is 11.2 Å². The number of ether oxygens (including phenoxy) is 1. The van der Waals surface area contributed by atoms with Gasteiger partial charge in [0.25, 0.3) is 5.91 Å². The van der Waals surface area contributed by atoms with Gasteiger partial charge in [-0.05, 0) is 60.7 Å². The summed E-state index contributed by atoms with van der Waals surface area (Å²) in [7, 11) is 3.34. The summed E-state index contributed by atoms with van der Waals surface area (Å²) in [5.41, 5.74) is 3.40. The molecule has 0 saturated heterocycles. The van der Waals surface area contributed by atoms with Crippen LogP contribution in [0.15, 0.2) is 71.3 Å². The van der Waals surface area contributed by atoms with E-state index in [2.05, 4.69) is 9.97 Å². The van der Waals surface area contributed by atoms with E-state index in [1.54, 1.807) is 55.6 Å². The number of hydrogen-bond acceptors (Lipinski definition) is 5. The van der Waals surface area contributed by atoms with E-state index in [1.807, 2.05) is 30.3 Å². The first-order chi connectivity index (χ1) is 13.2. The second-order valence-corrected chi connectivity index (χ2v) is 5.98. The molecule has 6 nitrogen and oxygen atoms in total. The molecule has 0 unspecified atom stereocenters. The molecule has 0 spiro atoms. The number of amides is 1. The van der Waals surface area contributed by atoms with E-state index in [0.29, 0.717) is 28.4 Å². The standard InChI is InChI=1S/C21H17N3O3/c1-24(21(25)15-7-11-17(26-2)12-8-15)16-9-5-14(6-10-16)20-23-19-18(27-20)4-3-13-22-19/h3-13H,1-2H3. The van der Waals surface area contributed by atoms with Crippen LogP contribution in [0, 0.1) is 0 Å². The lowest BCUT2D eigenvalue weighted by Gasteiger charge is -2.17. The van der Waals surface area contributed by atoms with Gasteiger partial charge in [-0.1, -0.05) is 0 Å². The average Bonchev–Trinajstić information content (AvgIpc) is 3.17. The summed E-state index contributed by atoms with van der Waals surface area (Å²) in [6, 6.07) is 18.1. The third-order valence-corrected chi connectivity index (χ3v) is 4.31. The molecule has 0 bridgehead atoms. The number of methoxy groups -OCH3 is 1. The topological polar surface area (TPSA) is 68.5 Å². The molecule has 0 radical (unpaired) electrons. The van der Waals surface area contributed by atoms with Crippen LogP contribution in [0.25, 0.3) is 22.7 Å². The smallest absolute Gasteiger partial charge is 0.258 e. The SMILES string of the molecule is COc1ccc(C(=O)N(C)c2ccc(-c3nc4ncccc4o3)cc2)cc1. The Kier molecular flexibility index (Phi) is 4.30. The quantitative estimate of drug-likeness (QED) is 0.547. The summed E-state index contributed by atoms with van der Waals surface area (Å²) in [6.45, 7) is 0. The zero-order valence-electron chi connectivity index (χ0n) is 14.9. The number of aromatic nitrogens is 2. The largest absolute Gasteiger partial charge is 0.497 e. The molecule has 2 aromatic heterocycles. The molecule has 6 heteroatoms. The Labute approximate surface area is 156 Å². The van der Waals surface area contributed by atoms with Gasteiger partial charge < -0.3 is 14.1 Å². The summed E-state index contributed by atoms with van der Waals surface area (Å²) < 4.78 is 10.9. The van der Waals surface area contributed by atoms with Crippen molar-refractivity contribution in [2.45, 2.75) is 0 Å². The maximum Gasteiger partial charge on any atom is 0.258 e. The Bertz CT molecular complexity index is 1050. The minimum Gasteiger partial charge on any atom is -0.497 e. The van der Waals surface area contributed by atoms with Crippen LogP contribution >= 0.6 is 0 Å². The van der Waals surface area contributed by atoms with Crippen LogP contribution in [0.4, 0.5) is 5.69 Å². The van der Waals surface area contributed by atoms with Crippen LogP contribution < -0.4 is 9.64 Å². The summed E-state index contributed by atoms with van der Waals surface area (Å²) in [5, 5.41) is 0. The normalized spacial score (nSPS) is 10.7. The van der Waals surface area contributed by atoms with Gasteiger partial charge in [0.05, 0.1) is 7.11 Å². The fourth-order valence-corrected chi connectivity index (χ4v) is 2.76. The van der Waals surface area contributed by atoms with Crippen LogP contribution in [-0.2, 0) is 0 Å². The van der Waals surface area contributed by atoms with Crippen molar-refractivity contribution in [3.63, 3.8) is 0 Å². The third kappa shape index (κ3) is 3.25. The molecular formula is C21H17N3O3. The van der Waals surface area contributed by atoms with E-state index >= 15 is 0 Å².